The summed E-state index contributed by atoms with van der Waals surface area (Å²) in [5.41, 5.74) is 1.04. The zero-order valence-corrected chi connectivity index (χ0v) is 15.0. The maximum atomic E-state index is 12.9. The monoisotopic (exact) mass is 378 g/mol. The van der Waals surface area contributed by atoms with Crippen LogP contribution in [0.25, 0.3) is 0 Å². The molecule has 0 saturated carbocycles. The molecule has 0 aliphatic carbocycles. The van der Waals surface area contributed by atoms with Crippen molar-refractivity contribution in [1.82, 2.24) is 14.9 Å². The van der Waals surface area contributed by atoms with Crippen molar-refractivity contribution in [3.05, 3.63) is 53.6 Å². The Hall–Kier alpha value is -2.55. The van der Waals surface area contributed by atoms with Crippen molar-refractivity contribution in [3.8, 4) is 0 Å². The van der Waals surface area contributed by atoms with Crippen molar-refractivity contribution in [2.24, 2.45) is 0 Å². The fraction of sp³-hybridized carbons (Fsp3) is 0.353. The summed E-state index contributed by atoms with van der Waals surface area (Å²) in [6, 6.07) is 7.17. The number of aromatic nitrogens is 2. The van der Waals surface area contributed by atoms with E-state index < -0.39 is 9.84 Å². The minimum Gasteiger partial charge on any atom is -0.350 e. The number of hydrogen-bond donors (Lipinski definition) is 1. The molecular formula is C17H19FN4O3S. The van der Waals surface area contributed by atoms with Gasteiger partial charge in [0.1, 0.15) is 11.5 Å². The molecule has 1 aliphatic heterocycles. The summed E-state index contributed by atoms with van der Waals surface area (Å²) in [6.45, 7) is 0.384. The lowest BCUT2D eigenvalue weighted by molar-refractivity contribution is 0.0741. The second kappa shape index (κ2) is 7.36. The molecule has 1 fully saturated rings. The number of halogens is 1. The zero-order chi connectivity index (χ0) is 18.7. The normalized spacial score (nSPS) is 18.5. The first-order valence-corrected chi connectivity index (χ1v) is 9.95. The number of nitrogens with zero attached hydrogens (tertiary/aromatic N) is 3. The molecule has 2 aromatic rings. The third-order valence-electron chi connectivity index (χ3n) is 4.32. The molecule has 1 aromatic carbocycles. The Morgan fingerprint density at radius 3 is 2.69 bits per heavy atom. The fourth-order valence-electron chi connectivity index (χ4n) is 2.77. The zero-order valence-electron chi connectivity index (χ0n) is 14.2. The second-order valence-corrected chi connectivity index (χ2v) is 8.45. The maximum Gasteiger partial charge on any atom is 0.272 e. The van der Waals surface area contributed by atoms with Gasteiger partial charge in [0.2, 0.25) is 5.95 Å². The third-order valence-corrected chi connectivity index (χ3v) is 6.07. The average Bonchev–Trinajstić information content (AvgIpc) is 3.00. The number of nitrogens with one attached hydrogen (secondary N) is 1. The van der Waals surface area contributed by atoms with Crippen molar-refractivity contribution in [2.75, 3.05) is 23.9 Å². The van der Waals surface area contributed by atoms with Crippen molar-refractivity contribution in [1.29, 1.82) is 0 Å². The molecule has 1 atom stereocenters. The van der Waals surface area contributed by atoms with E-state index in [0.29, 0.717) is 13.0 Å². The molecule has 9 heteroatoms. The van der Waals surface area contributed by atoms with E-state index in [4.69, 9.17) is 0 Å². The van der Waals surface area contributed by atoms with Crippen LogP contribution in [0, 0.1) is 5.82 Å². The highest BCUT2D eigenvalue weighted by Crippen LogP contribution is 2.18. The maximum absolute atomic E-state index is 12.9. The van der Waals surface area contributed by atoms with Gasteiger partial charge in [-0.2, -0.15) is 0 Å². The number of benzene rings is 1. The van der Waals surface area contributed by atoms with E-state index in [1.807, 2.05) is 0 Å². The van der Waals surface area contributed by atoms with Crippen LogP contribution in [0.5, 0.6) is 0 Å². The molecule has 1 N–H and O–H groups in total. The van der Waals surface area contributed by atoms with Crippen LogP contribution in [-0.4, -0.2) is 53.8 Å². The summed E-state index contributed by atoms with van der Waals surface area (Å²) in [5, 5.41) is 2.99. The first-order valence-electron chi connectivity index (χ1n) is 8.13. The van der Waals surface area contributed by atoms with E-state index in [1.165, 1.54) is 29.3 Å². The highest BCUT2D eigenvalue weighted by molar-refractivity contribution is 7.91. The molecule has 1 aromatic heterocycles. The molecule has 7 nitrogen and oxygen atoms in total. The number of sulfone groups is 1. The van der Waals surface area contributed by atoms with E-state index in [2.05, 4.69) is 15.3 Å². The van der Waals surface area contributed by atoms with Crippen molar-refractivity contribution in [3.63, 3.8) is 0 Å². The van der Waals surface area contributed by atoms with Crippen LogP contribution < -0.4 is 5.32 Å². The Bertz CT molecular complexity index is 902. The highest BCUT2D eigenvalue weighted by Gasteiger charge is 2.33. The van der Waals surface area contributed by atoms with Gasteiger partial charge in [0.25, 0.3) is 5.91 Å². The molecular weight excluding hydrogens is 359 g/mol. The standard InChI is InChI=1S/C17H19FN4O3S/c1-22(14-7-9-26(24,25)11-14)16(23)15-6-8-19-17(21-15)20-10-12-2-4-13(18)5-3-12/h2-6,8,14H,7,9-11H2,1H3,(H,19,20,21). The first kappa shape index (κ1) is 18.2. The first-order chi connectivity index (χ1) is 12.3. The van der Waals surface area contributed by atoms with Gasteiger partial charge in [0.05, 0.1) is 11.5 Å². The lowest BCUT2D eigenvalue weighted by atomic mass is 10.2. The Balaban J connectivity index is 1.66. The molecule has 1 amide bonds. The van der Waals surface area contributed by atoms with Crippen LogP contribution in [0.2, 0.25) is 0 Å². The molecule has 1 aliphatic rings. The predicted octanol–water partition coefficient (Wildman–Crippen LogP) is 1.49. The van der Waals surface area contributed by atoms with E-state index in [9.17, 15) is 17.6 Å². The van der Waals surface area contributed by atoms with Gasteiger partial charge in [-0.15, -0.1) is 0 Å². The Morgan fingerprint density at radius 1 is 1.31 bits per heavy atom. The number of amides is 1. The Labute approximate surface area is 151 Å². The molecule has 138 valence electrons. The minimum absolute atomic E-state index is 0.0179. The Morgan fingerprint density at radius 2 is 2.04 bits per heavy atom. The van der Waals surface area contributed by atoms with Gasteiger partial charge >= 0.3 is 0 Å². The lowest BCUT2D eigenvalue weighted by Gasteiger charge is -2.23. The van der Waals surface area contributed by atoms with Crippen LogP contribution in [-0.2, 0) is 16.4 Å². The number of hydrogen-bond acceptors (Lipinski definition) is 6. The lowest BCUT2D eigenvalue weighted by Crippen LogP contribution is -2.38. The quantitative estimate of drug-likeness (QED) is 0.847. The SMILES string of the molecule is CN(C(=O)c1ccnc(NCc2ccc(F)cc2)n1)C1CCS(=O)(=O)C1. The summed E-state index contributed by atoms with van der Waals surface area (Å²) in [4.78, 5) is 22.3. The van der Waals surface area contributed by atoms with E-state index in [0.717, 1.165) is 5.56 Å². The molecule has 1 saturated heterocycles. The number of rotatable bonds is 5. The molecule has 26 heavy (non-hydrogen) atoms. The minimum atomic E-state index is -3.07. The summed E-state index contributed by atoms with van der Waals surface area (Å²) in [5.74, 6) is -0.305. The molecule has 3 rings (SSSR count). The number of anilines is 1. The van der Waals surface area contributed by atoms with Crippen LogP contribution in [0.4, 0.5) is 10.3 Å². The Kier molecular flexibility index (Phi) is 5.17. The van der Waals surface area contributed by atoms with E-state index in [1.54, 1.807) is 19.2 Å². The molecule has 0 radical (unpaired) electrons. The predicted molar refractivity (Wildman–Crippen MR) is 94.9 cm³/mol. The summed E-state index contributed by atoms with van der Waals surface area (Å²) < 4.78 is 36.1. The van der Waals surface area contributed by atoms with Crippen LogP contribution in [0.3, 0.4) is 0 Å². The van der Waals surface area contributed by atoms with Gasteiger partial charge < -0.3 is 10.2 Å². The van der Waals surface area contributed by atoms with Crippen LogP contribution >= 0.6 is 0 Å². The molecule has 1 unspecified atom stereocenters. The number of carbonyl (C=O) groups excluding carboxylic acids is 1. The third kappa shape index (κ3) is 4.34. The highest BCUT2D eigenvalue weighted by atomic mass is 32.2. The van der Waals surface area contributed by atoms with Gasteiger partial charge in [0.15, 0.2) is 9.84 Å². The van der Waals surface area contributed by atoms with Crippen molar-refractivity contribution in [2.45, 2.75) is 19.0 Å². The van der Waals surface area contributed by atoms with E-state index in [-0.39, 0.29) is 40.9 Å². The smallest absolute Gasteiger partial charge is 0.272 e. The van der Waals surface area contributed by atoms with Gasteiger partial charge in [-0.05, 0) is 30.2 Å². The van der Waals surface area contributed by atoms with Crippen molar-refractivity contribution >= 4 is 21.7 Å². The van der Waals surface area contributed by atoms with Gasteiger partial charge in [0, 0.05) is 25.8 Å². The number of carbonyl (C=O) groups is 1. The van der Waals surface area contributed by atoms with Gasteiger partial charge in [-0.3, -0.25) is 4.79 Å². The van der Waals surface area contributed by atoms with Crippen molar-refractivity contribution < 1.29 is 17.6 Å². The van der Waals surface area contributed by atoms with Crippen LogP contribution in [0.1, 0.15) is 22.5 Å². The van der Waals surface area contributed by atoms with Gasteiger partial charge in [-0.1, -0.05) is 12.1 Å². The second-order valence-electron chi connectivity index (χ2n) is 6.22. The molecule has 0 bridgehead atoms. The van der Waals surface area contributed by atoms with E-state index >= 15 is 0 Å². The summed E-state index contributed by atoms with van der Waals surface area (Å²) in [7, 11) is -1.49. The largest absolute Gasteiger partial charge is 0.350 e. The molecule has 0 spiro atoms. The fourth-order valence-corrected chi connectivity index (χ4v) is 4.55. The molecule has 2 heterocycles. The topological polar surface area (TPSA) is 92.3 Å². The average molecular weight is 378 g/mol. The summed E-state index contributed by atoms with van der Waals surface area (Å²) in [6.07, 6.45) is 1.90. The summed E-state index contributed by atoms with van der Waals surface area (Å²) >= 11 is 0. The van der Waals surface area contributed by atoms with Crippen LogP contribution in [0.15, 0.2) is 36.5 Å². The van der Waals surface area contributed by atoms with Gasteiger partial charge in [-0.25, -0.2) is 22.8 Å².